The van der Waals surface area contributed by atoms with Crippen molar-refractivity contribution in [3.63, 3.8) is 0 Å². The molecule has 1 unspecified atom stereocenters. The molecule has 2 N–H and O–H groups in total. The summed E-state index contributed by atoms with van der Waals surface area (Å²) in [6.07, 6.45) is 4.38. The molecule has 1 heterocycles. The number of nitrogens with one attached hydrogen (secondary N) is 1. The molecular formula is C15H18N2O3. The SMILES string of the molecule is CC(CCCO)NC(=O)/C=C/c1nc2ccccc2o1. The lowest BCUT2D eigenvalue weighted by atomic mass is 10.2. The second-order valence-electron chi connectivity index (χ2n) is 4.63. The number of aliphatic hydroxyl groups is 1. The van der Waals surface area contributed by atoms with Gasteiger partial charge in [-0.2, -0.15) is 0 Å². The highest BCUT2D eigenvalue weighted by Gasteiger charge is 2.05. The predicted molar refractivity (Wildman–Crippen MR) is 77.0 cm³/mol. The quantitative estimate of drug-likeness (QED) is 0.791. The topological polar surface area (TPSA) is 75.4 Å². The fourth-order valence-corrected chi connectivity index (χ4v) is 1.87. The summed E-state index contributed by atoms with van der Waals surface area (Å²) in [6.45, 7) is 2.04. The zero-order valence-electron chi connectivity index (χ0n) is 11.4. The van der Waals surface area contributed by atoms with Gasteiger partial charge in [0.25, 0.3) is 0 Å². The van der Waals surface area contributed by atoms with Crippen LogP contribution in [0.5, 0.6) is 0 Å². The van der Waals surface area contributed by atoms with Crippen LogP contribution in [0.25, 0.3) is 17.2 Å². The number of aliphatic hydroxyl groups excluding tert-OH is 1. The number of hydrogen-bond donors (Lipinski definition) is 2. The minimum atomic E-state index is -0.197. The van der Waals surface area contributed by atoms with E-state index in [-0.39, 0.29) is 18.6 Å². The molecule has 0 aliphatic rings. The summed E-state index contributed by atoms with van der Waals surface area (Å²) in [7, 11) is 0. The molecule has 1 amide bonds. The van der Waals surface area contributed by atoms with Crippen molar-refractivity contribution in [3.05, 3.63) is 36.2 Å². The normalized spacial score (nSPS) is 12.9. The van der Waals surface area contributed by atoms with Gasteiger partial charge < -0.3 is 14.8 Å². The van der Waals surface area contributed by atoms with Crippen LogP contribution in [0.15, 0.2) is 34.8 Å². The van der Waals surface area contributed by atoms with Crippen molar-refractivity contribution < 1.29 is 14.3 Å². The Morgan fingerprint density at radius 2 is 2.30 bits per heavy atom. The van der Waals surface area contributed by atoms with Crippen LogP contribution in [0.1, 0.15) is 25.7 Å². The van der Waals surface area contributed by atoms with Crippen molar-refractivity contribution in [1.82, 2.24) is 10.3 Å². The van der Waals surface area contributed by atoms with E-state index in [0.717, 1.165) is 11.9 Å². The molecule has 1 atom stereocenters. The third-order valence-corrected chi connectivity index (χ3v) is 2.87. The molecule has 1 aromatic carbocycles. The van der Waals surface area contributed by atoms with Crippen molar-refractivity contribution in [2.75, 3.05) is 6.61 Å². The van der Waals surface area contributed by atoms with Crippen molar-refractivity contribution >= 4 is 23.1 Å². The zero-order chi connectivity index (χ0) is 14.4. The van der Waals surface area contributed by atoms with E-state index in [9.17, 15) is 4.79 Å². The van der Waals surface area contributed by atoms with E-state index in [4.69, 9.17) is 9.52 Å². The van der Waals surface area contributed by atoms with Gasteiger partial charge in [0.05, 0.1) is 0 Å². The summed E-state index contributed by atoms with van der Waals surface area (Å²) >= 11 is 0. The number of oxazole rings is 1. The van der Waals surface area contributed by atoms with Gasteiger partial charge in [0.1, 0.15) is 5.52 Å². The Morgan fingerprint density at radius 1 is 1.50 bits per heavy atom. The van der Waals surface area contributed by atoms with Crippen molar-refractivity contribution in [2.45, 2.75) is 25.8 Å². The molecule has 0 aliphatic carbocycles. The minimum Gasteiger partial charge on any atom is -0.437 e. The van der Waals surface area contributed by atoms with Crippen molar-refractivity contribution in [3.8, 4) is 0 Å². The molecule has 0 saturated carbocycles. The average molecular weight is 274 g/mol. The average Bonchev–Trinajstić information content (AvgIpc) is 2.85. The predicted octanol–water partition coefficient (Wildman–Crippen LogP) is 2.12. The van der Waals surface area contributed by atoms with E-state index in [0.29, 0.717) is 17.9 Å². The number of fused-ring (bicyclic) bond motifs is 1. The van der Waals surface area contributed by atoms with Gasteiger partial charge in [-0.3, -0.25) is 4.79 Å². The molecule has 2 rings (SSSR count). The van der Waals surface area contributed by atoms with Gasteiger partial charge in [0.2, 0.25) is 11.8 Å². The number of para-hydroxylation sites is 2. The van der Waals surface area contributed by atoms with Crippen LogP contribution < -0.4 is 5.32 Å². The summed E-state index contributed by atoms with van der Waals surface area (Å²) in [4.78, 5) is 15.9. The number of carbonyl (C=O) groups is 1. The van der Waals surface area contributed by atoms with Crippen LogP contribution in [0, 0.1) is 0 Å². The summed E-state index contributed by atoms with van der Waals surface area (Å²) in [6, 6.07) is 7.47. The van der Waals surface area contributed by atoms with E-state index in [1.165, 1.54) is 6.08 Å². The lowest BCUT2D eigenvalue weighted by molar-refractivity contribution is -0.117. The largest absolute Gasteiger partial charge is 0.437 e. The van der Waals surface area contributed by atoms with Crippen LogP contribution in [-0.2, 0) is 4.79 Å². The molecule has 106 valence electrons. The van der Waals surface area contributed by atoms with Gasteiger partial charge in [0.15, 0.2) is 5.58 Å². The number of carbonyl (C=O) groups excluding carboxylic acids is 1. The lowest BCUT2D eigenvalue weighted by Gasteiger charge is -2.10. The molecule has 5 nitrogen and oxygen atoms in total. The van der Waals surface area contributed by atoms with Crippen LogP contribution in [0.2, 0.25) is 0 Å². The first kappa shape index (κ1) is 14.3. The first-order valence-electron chi connectivity index (χ1n) is 6.64. The number of amides is 1. The molecule has 2 aromatic rings. The molecule has 0 spiro atoms. The minimum absolute atomic E-state index is 0.0305. The number of nitrogens with zero attached hydrogens (tertiary/aromatic N) is 1. The Balaban J connectivity index is 1.93. The third-order valence-electron chi connectivity index (χ3n) is 2.87. The second kappa shape index (κ2) is 6.86. The van der Waals surface area contributed by atoms with E-state index < -0.39 is 0 Å². The number of benzene rings is 1. The maximum Gasteiger partial charge on any atom is 0.244 e. The van der Waals surface area contributed by atoms with E-state index in [2.05, 4.69) is 10.3 Å². The monoisotopic (exact) mass is 274 g/mol. The van der Waals surface area contributed by atoms with E-state index >= 15 is 0 Å². The molecule has 0 radical (unpaired) electrons. The van der Waals surface area contributed by atoms with Gasteiger partial charge in [-0.1, -0.05) is 12.1 Å². The highest BCUT2D eigenvalue weighted by atomic mass is 16.3. The summed E-state index contributed by atoms with van der Waals surface area (Å²) in [5.74, 6) is 0.210. The van der Waals surface area contributed by atoms with Crippen LogP contribution in [-0.4, -0.2) is 28.6 Å². The fraction of sp³-hybridized carbons (Fsp3) is 0.333. The molecule has 20 heavy (non-hydrogen) atoms. The second-order valence-corrected chi connectivity index (χ2v) is 4.63. The maximum atomic E-state index is 11.7. The van der Waals surface area contributed by atoms with Crippen LogP contribution >= 0.6 is 0 Å². The Kier molecular flexibility index (Phi) is 4.90. The van der Waals surface area contributed by atoms with Crippen molar-refractivity contribution in [1.29, 1.82) is 0 Å². The van der Waals surface area contributed by atoms with E-state index in [1.807, 2.05) is 31.2 Å². The molecule has 0 saturated heterocycles. The maximum absolute atomic E-state index is 11.7. The standard InChI is InChI=1S/C15H18N2O3/c1-11(5-4-10-18)16-14(19)8-9-15-17-12-6-2-3-7-13(12)20-15/h2-3,6-9,11,18H,4-5,10H2,1H3,(H,16,19)/b9-8+. The zero-order valence-corrected chi connectivity index (χ0v) is 11.4. The number of hydrogen-bond acceptors (Lipinski definition) is 4. The lowest BCUT2D eigenvalue weighted by Crippen LogP contribution is -2.31. The number of aromatic nitrogens is 1. The van der Waals surface area contributed by atoms with E-state index in [1.54, 1.807) is 6.08 Å². The van der Waals surface area contributed by atoms with Crippen LogP contribution in [0.3, 0.4) is 0 Å². The first-order chi connectivity index (χ1) is 9.69. The molecule has 0 bridgehead atoms. The molecule has 0 fully saturated rings. The summed E-state index contributed by atoms with van der Waals surface area (Å²) in [5, 5.41) is 11.5. The Labute approximate surface area is 117 Å². The van der Waals surface area contributed by atoms with Gasteiger partial charge in [-0.05, 0) is 31.9 Å². The highest BCUT2D eigenvalue weighted by molar-refractivity contribution is 5.91. The molecule has 0 aliphatic heterocycles. The summed E-state index contributed by atoms with van der Waals surface area (Å²) < 4.78 is 5.48. The molecular weight excluding hydrogens is 256 g/mol. The first-order valence-corrected chi connectivity index (χ1v) is 6.64. The fourth-order valence-electron chi connectivity index (χ4n) is 1.87. The van der Waals surface area contributed by atoms with Gasteiger partial charge >= 0.3 is 0 Å². The van der Waals surface area contributed by atoms with Gasteiger partial charge in [-0.25, -0.2) is 4.98 Å². The Bertz CT molecular complexity index is 571. The van der Waals surface area contributed by atoms with Gasteiger partial charge in [0, 0.05) is 24.8 Å². The smallest absolute Gasteiger partial charge is 0.244 e. The molecule has 5 heteroatoms. The van der Waals surface area contributed by atoms with Gasteiger partial charge in [-0.15, -0.1) is 0 Å². The Morgan fingerprint density at radius 3 is 3.05 bits per heavy atom. The summed E-state index contributed by atoms with van der Waals surface area (Å²) in [5.41, 5.74) is 1.47. The third kappa shape index (κ3) is 3.93. The Hall–Kier alpha value is -2.14. The van der Waals surface area contributed by atoms with Crippen LogP contribution in [0.4, 0.5) is 0 Å². The number of rotatable bonds is 6. The molecule has 1 aromatic heterocycles. The van der Waals surface area contributed by atoms with Crippen molar-refractivity contribution in [2.24, 2.45) is 0 Å². The highest BCUT2D eigenvalue weighted by Crippen LogP contribution is 2.15.